The van der Waals surface area contributed by atoms with Crippen molar-refractivity contribution in [3.8, 4) is 0 Å². The second-order valence-corrected chi connectivity index (χ2v) is 5.19. The summed E-state index contributed by atoms with van der Waals surface area (Å²) >= 11 is 0. The van der Waals surface area contributed by atoms with Gasteiger partial charge < -0.3 is 14.7 Å². The molecule has 5 nitrogen and oxygen atoms in total. The third-order valence-electron chi connectivity index (χ3n) is 3.75. The molecule has 1 fully saturated rings. The summed E-state index contributed by atoms with van der Waals surface area (Å²) in [6, 6.07) is -0.0459. The van der Waals surface area contributed by atoms with Crippen LogP contribution in [0.5, 0.6) is 0 Å². The molecule has 0 radical (unpaired) electrons. The molecule has 0 saturated carbocycles. The monoisotopic (exact) mass is 251 g/mol. The van der Waals surface area contributed by atoms with Gasteiger partial charge in [0.2, 0.25) is 5.91 Å². The fourth-order valence-corrected chi connectivity index (χ4v) is 2.45. The molecule has 100 valence electrons. The van der Waals surface area contributed by atoms with Gasteiger partial charge in [0, 0.05) is 12.6 Å². The van der Waals surface area contributed by atoms with E-state index in [0.29, 0.717) is 12.5 Å². The first kappa shape index (κ1) is 13.1. The molecular weight excluding hydrogens is 230 g/mol. The molecule has 1 saturated heterocycles. The van der Waals surface area contributed by atoms with E-state index >= 15 is 0 Å². The van der Waals surface area contributed by atoms with Crippen molar-refractivity contribution in [1.29, 1.82) is 0 Å². The zero-order valence-corrected chi connectivity index (χ0v) is 11.5. The summed E-state index contributed by atoms with van der Waals surface area (Å²) in [7, 11) is 1.83. The Labute approximate surface area is 108 Å². The molecule has 1 aliphatic rings. The lowest BCUT2D eigenvalue weighted by Crippen LogP contribution is -2.43. The summed E-state index contributed by atoms with van der Waals surface area (Å²) in [5, 5.41) is 7.18. The zero-order valence-electron chi connectivity index (χ0n) is 11.5. The van der Waals surface area contributed by atoms with Gasteiger partial charge in [-0.25, -0.2) is 0 Å². The largest absolute Gasteiger partial charge is 0.361 e. The molecule has 5 heteroatoms. The SMILES string of the molecule is Cc1noc(C)c1CN(C)C(=O)C1NCCC1C. The number of rotatable bonds is 3. The first-order valence-corrected chi connectivity index (χ1v) is 6.40. The van der Waals surface area contributed by atoms with Crippen molar-refractivity contribution in [3.63, 3.8) is 0 Å². The van der Waals surface area contributed by atoms with Crippen LogP contribution in [0.1, 0.15) is 30.4 Å². The van der Waals surface area contributed by atoms with Gasteiger partial charge in [0.1, 0.15) is 5.76 Å². The Balaban J connectivity index is 2.04. The molecular formula is C13H21N3O2. The minimum absolute atomic E-state index is 0.0459. The number of hydrogen-bond acceptors (Lipinski definition) is 4. The predicted molar refractivity (Wildman–Crippen MR) is 68.0 cm³/mol. The fraction of sp³-hybridized carbons (Fsp3) is 0.692. The minimum Gasteiger partial charge on any atom is -0.361 e. The summed E-state index contributed by atoms with van der Waals surface area (Å²) in [5.74, 6) is 1.35. The number of carbonyl (C=O) groups excluding carboxylic acids is 1. The topological polar surface area (TPSA) is 58.4 Å². The Morgan fingerprint density at radius 1 is 1.56 bits per heavy atom. The number of nitrogens with one attached hydrogen (secondary N) is 1. The lowest BCUT2D eigenvalue weighted by atomic mass is 10.0. The van der Waals surface area contributed by atoms with Crippen LogP contribution >= 0.6 is 0 Å². The van der Waals surface area contributed by atoms with Crippen LogP contribution in [0.4, 0.5) is 0 Å². The van der Waals surface area contributed by atoms with E-state index in [4.69, 9.17) is 4.52 Å². The van der Waals surface area contributed by atoms with Crippen LogP contribution in [-0.4, -0.2) is 35.6 Å². The molecule has 2 heterocycles. The van der Waals surface area contributed by atoms with Gasteiger partial charge in [-0.2, -0.15) is 0 Å². The highest BCUT2D eigenvalue weighted by Gasteiger charge is 2.31. The average molecular weight is 251 g/mol. The standard InChI is InChI=1S/C13H21N3O2/c1-8-5-6-14-12(8)13(17)16(4)7-11-9(2)15-18-10(11)3/h8,12,14H,5-7H2,1-4H3. The van der Waals surface area contributed by atoms with Crippen LogP contribution in [-0.2, 0) is 11.3 Å². The van der Waals surface area contributed by atoms with Gasteiger partial charge >= 0.3 is 0 Å². The molecule has 0 bridgehead atoms. The van der Waals surface area contributed by atoms with Crippen molar-refractivity contribution >= 4 is 5.91 Å². The molecule has 1 N–H and O–H groups in total. The second kappa shape index (κ2) is 5.10. The van der Waals surface area contributed by atoms with Crippen molar-refractivity contribution < 1.29 is 9.32 Å². The van der Waals surface area contributed by atoms with Gasteiger partial charge in [-0.3, -0.25) is 4.79 Å². The molecule has 0 aromatic carbocycles. The zero-order chi connectivity index (χ0) is 13.3. The molecule has 18 heavy (non-hydrogen) atoms. The predicted octanol–water partition coefficient (Wildman–Crippen LogP) is 1.25. The Hall–Kier alpha value is -1.36. The van der Waals surface area contributed by atoms with Crippen molar-refractivity contribution in [3.05, 3.63) is 17.0 Å². The van der Waals surface area contributed by atoms with Crippen LogP contribution in [0, 0.1) is 19.8 Å². The van der Waals surface area contributed by atoms with Crippen molar-refractivity contribution in [2.24, 2.45) is 5.92 Å². The number of nitrogens with zero attached hydrogens (tertiary/aromatic N) is 2. The molecule has 2 atom stereocenters. The summed E-state index contributed by atoms with van der Waals surface area (Å²) < 4.78 is 5.12. The number of likely N-dealkylation sites (N-methyl/N-ethyl adjacent to an activating group) is 1. The summed E-state index contributed by atoms with van der Waals surface area (Å²) in [6.07, 6.45) is 1.07. The van der Waals surface area contributed by atoms with E-state index in [9.17, 15) is 4.79 Å². The highest BCUT2D eigenvalue weighted by molar-refractivity contribution is 5.82. The number of aromatic nitrogens is 1. The quantitative estimate of drug-likeness (QED) is 0.878. The van der Waals surface area contributed by atoms with Crippen molar-refractivity contribution in [2.75, 3.05) is 13.6 Å². The van der Waals surface area contributed by atoms with Crippen molar-refractivity contribution in [2.45, 2.75) is 39.8 Å². The second-order valence-electron chi connectivity index (χ2n) is 5.19. The molecule has 1 aliphatic heterocycles. The average Bonchev–Trinajstić information content (AvgIpc) is 2.88. The summed E-state index contributed by atoms with van der Waals surface area (Å²) in [6.45, 7) is 7.39. The van der Waals surface area contributed by atoms with Gasteiger partial charge in [0.25, 0.3) is 0 Å². The smallest absolute Gasteiger partial charge is 0.240 e. The van der Waals surface area contributed by atoms with E-state index in [1.54, 1.807) is 4.90 Å². The van der Waals surface area contributed by atoms with Crippen LogP contribution in [0.15, 0.2) is 4.52 Å². The van der Waals surface area contributed by atoms with Gasteiger partial charge in [-0.15, -0.1) is 0 Å². The molecule has 2 unspecified atom stereocenters. The van der Waals surface area contributed by atoms with Crippen LogP contribution in [0.3, 0.4) is 0 Å². The Morgan fingerprint density at radius 2 is 2.28 bits per heavy atom. The lowest BCUT2D eigenvalue weighted by Gasteiger charge is -2.23. The first-order valence-electron chi connectivity index (χ1n) is 6.40. The van der Waals surface area contributed by atoms with E-state index < -0.39 is 0 Å². The molecule has 0 aliphatic carbocycles. The first-order chi connectivity index (χ1) is 8.50. The van der Waals surface area contributed by atoms with E-state index in [0.717, 1.165) is 30.0 Å². The Kier molecular flexibility index (Phi) is 3.71. The number of amides is 1. The van der Waals surface area contributed by atoms with Crippen LogP contribution < -0.4 is 5.32 Å². The number of carbonyl (C=O) groups is 1. The Bertz CT molecular complexity index is 422. The van der Waals surface area contributed by atoms with E-state index in [1.165, 1.54) is 0 Å². The number of aryl methyl sites for hydroxylation is 2. The van der Waals surface area contributed by atoms with Gasteiger partial charge in [0.05, 0.1) is 18.3 Å². The van der Waals surface area contributed by atoms with Crippen LogP contribution in [0.25, 0.3) is 0 Å². The van der Waals surface area contributed by atoms with E-state index in [-0.39, 0.29) is 11.9 Å². The van der Waals surface area contributed by atoms with E-state index in [1.807, 2.05) is 20.9 Å². The third kappa shape index (κ3) is 2.41. The van der Waals surface area contributed by atoms with Gasteiger partial charge in [-0.1, -0.05) is 12.1 Å². The third-order valence-corrected chi connectivity index (χ3v) is 3.75. The summed E-state index contributed by atoms with van der Waals surface area (Å²) in [5.41, 5.74) is 1.87. The van der Waals surface area contributed by atoms with Crippen LogP contribution in [0.2, 0.25) is 0 Å². The van der Waals surface area contributed by atoms with Gasteiger partial charge in [-0.05, 0) is 32.7 Å². The summed E-state index contributed by atoms with van der Waals surface area (Å²) in [4.78, 5) is 14.1. The normalized spacial score (nSPS) is 23.3. The maximum Gasteiger partial charge on any atom is 0.240 e. The highest BCUT2D eigenvalue weighted by Crippen LogP contribution is 2.19. The molecule has 2 rings (SSSR count). The lowest BCUT2D eigenvalue weighted by molar-refractivity contribution is -0.133. The van der Waals surface area contributed by atoms with Gasteiger partial charge in [0.15, 0.2) is 0 Å². The fourth-order valence-electron chi connectivity index (χ4n) is 2.45. The van der Waals surface area contributed by atoms with Crippen molar-refractivity contribution in [1.82, 2.24) is 15.4 Å². The maximum atomic E-state index is 12.3. The Morgan fingerprint density at radius 3 is 2.78 bits per heavy atom. The number of hydrogen-bond donors (Lipinski definition) is 1. The van der Waals surface area contributed by atoms with E-state index in [2.05, 4.69) is 17.4 Å². The molecule has 1 aromatic heterocycles. The minimum atomic E-state index is -0.0459. The highest BCUT2D eigenvalue weighted by atomic mass is 16.5. The molecule has 1 amide bonds. The maximum absolute atomic E-state index is 12.3. The molecule has 0 spiro atoms. The molecule has 1 aromatic rings.